The molecule has 1 aromatic rings. The molecular weight excluding hydrogens is 384 g/mol. The number of carbonyl (C=O) groups is 2. The van der Waals surface area contributed by atoms with Crippen LogP contribution in [0.5, 0.6) is 5.75 Å². The van der Waals surface area contributed by atoms with E-state index in [-0.39, 0.29) is 24.0 Å². The van der Waals surface area contributed by atoms with Gasteiger partial charge in [0, 0.05) is 26.1 Å². The average molecular weight is 413 g/mol. The third kappa shape index (κ3) is 4.82. The second kappa shape index (κ2) is 9.38. The van der Waals surface area contributed by atoms with Crippen molar-refractivity contribution < 1.29 is 27.5 Å². The van der Waals surface area contributed by atoms with Crippen molar-refractivity contribution in [3.05, 3.63) is 24.3 Å². The van der Waals surface area contributed by atoms with Gasteiger partial charge in [-0.2, -0.15) is 4.31 Å². The van der Waals surface area contributed by atoms with Crippen molar-refractivity contribution in [3.8, 4) is 5.75 Å². The first-order valence-electron chi connectivity index (χ1n) is 9.32. The summed E-state index contributed by atoms with van der Waals surface area (Å²) in [6, 6.07) is 4.49. The van der Waals surface area contributed by atoms with Crippen molar-refractivity contribution in [2.75, 3.05) is 26.8 Å². The van der Waals surface area contributed by atoms with Crippen LogP contribution in [0.4, 0.5) is 0 Å². The van der Waals surface area contributed by atoms with Crippen LogP contribution in [0.1, 0.15) is 33.6 Å². The van der Waals surface area contributed by atoms with Crippen LogP contribution in [-0.4, -0.2) is 68.4 Å². The summed E-state index contributed by atoms with van der Waals surface area (Å²) in [4.78, 5) is 25.9. The molecule has 2 atom stereocenters. The molecule has 156 valence electrons. The molecule has 0 N–H and O–H groups in total. The van der Waals surface area contributed by atoms with E-state index in [4.69, 9.17) is 9.47 Å². The minimum atomic E-state index is -4.00. The summed E-state index contributed by atoms with van der Waals surface area (Å²) >= 11 is 0. The van der Waals surface area contributed by atoms with Crippen molar-refractivity contribution in [3.63, 3.8) is 0 Å². The van der Waals surface area contributed by atoms with E-state index in [2.05, 4.69) is 0 Å². The number of hydrogen-bond donors (Lipinski definition) is 0. The fraction of sp³-hybridized carbons (Fsp3) is 0.579. The molecule has 0 aliphatic carbocycles. The van der Waals surface area contributed by atoms with Crippen molar-refractivity contribution >= 4 is 21.9 Å². The number of likely N-dealkylation sites (tertiary alicyclic amines) is 1. The van der Waals surface area contributed by atoms with Crippen LogP contribution < -0.4 is 4.74 Å². The van der Waals surface area contributed by atoms with Gasteiger partial charge in [0.15, 0.2) is 0 Å². The number of rotatable bonds is 7. The summed E-state index contributed by atoms with van der Waals surface area (Å²) < 4.78 is 38.2. The van der Waals surface area contributed by atoms with Gasteiger partial charge >= 0.3 is 5.97 Å². The topological polar surface area (TPSA) is 93.2 Å². The number of carbonyl (C=O) groups excluding carboxylic acids is 2. The Morgan fingerprint density at radius 2 is 1.93 bits per heavy atom. The lowest BCUT2D eigenvalue weighted by Crippen LogP contribution is -2.56. The summed E-state index contributed by atoms with van der Waals surface area (Å²) in [5.41, 5.74) is 0. The van der Waals surface area contributed by atoms with Crippen LogP contribution in [0, 0.1) is 0 Å². The monoisotopic (exact) mass is 412 g/mol. The molecule has 1 amide bonds. The van der Waals surface area contributed by atoms with Crippen LogP contribution in [0.15, 0.2) is 29.2 Å². The molecule has 1 aliphatic heterocycles. The molecule has 1 aromatic carbocycles. The molecule has 0 saturated carbocycles. The Morgan fingerprint density at radius 3 is 2.46 bits per heavy atom. The number of benzene rings is 1. The van der Waals surface area contributed by atoms with Crippen molar-refractivity contribution in [1.82, 2.24) is 9.21 Å². The number of methoxy groups -OCH3 is 1. The number of hydrogen-bond acceptors (Lipinski definition) is 6. The van der Waals surface area contributed by atoms with Gasteiger partial charge in [-0.25, -0.2) is 8.42 Å². The zero-order valence-corrected chi connectivity index (χ0v) is 17.6. The van der Waals surface area contributed by atoms with Crippen molar-refractivity contribution in [2.45, 2.75) is 50.6 Å². The second-order valence-corrected chi connectivity index (χ2v) is 8.54. The molecular formula is C19H28N2O6S. The van der Waals surface area contributed by atoms with E-state index in [0.29, 0.717) is 25.1 Å². The summed E-state index contributed by atoms with van der Waals surface area (Å²) in [5.74, 6) is -0.195. The Kier molecular flexibility index (Phi) is 7.42. The highest BCUT2D eigenvalue weighted by atomic mass is 32.2. The standard InChI is InChI=1S/C19H28N2O6S/c1-5-27-19(23)14(2)21(16-7-6-12-20(13-16)15(3)22)28(24,25)18-10-8-17(26-4)9-11-18/h8-11,14,16H,5-7,12-13H2,1-4H3/t14-,16+/m0/s1. The minimum Gasteiger partial charge on any atom is -0.497 e. The van der Waals surface area contributed by atoms with Crippen LogP contribution in [0.25, 0.3) is 0 Å². The highest BCUT2D eigenvalue weighted by Crippen LogP contribution is 2.28. The first-order chi connectivity index (χ1) is 13.2. The van der Waals surface area contributed by atoms with E-state index in [1.165, 1.54) is 37.4 Å². The number of ether oxygens (including phenoxy) is 2. The molecule has 1 heterocycles. The summed E-state index contributed by atoms with van der Waals surface area (Å²) in [7, 11) is -2.50. The van der Waals surface area contributed by atoms with E-state index in [9.17, 15) is 18.0 Å². The average Bonchev–Trinajstić information content (AvgIpc) is 2.68. The van der Waals surface area contributed by atoms with E-state index in [1.807, 2.05) is 0 Å². The summed E-state index contributed by atoms with van der Waals surface area (Å²) in [6.07, 6.45) is 1.22. The lowest BCUT2D eigenvalue weighted by Gasteiger charge is -2.40. The SMILES string of the molecule is CCOC(=O)[C@H](C)N([C@@H]1CCCN(C(C)=O)C1)S(=O)(=O)c1ccc(OC)cc1. The van der Waals surface area contributed by atoms with Crippen molar-refractivity contribution in [1.29, 1.82) is 0 Å². The molecule has 0 radical (unpaired) electrons. The van der Waals surface area contributed by atoms with E-state index in [1.54, 1.807) is 24.0 Å². The lowest BCUT2D eigenvalue weighted by atomic mass is 10.0. The minimum absolute atomic E-state index is 0.0596. The fourth-order valence-corrected chi connectivity index (χ4v) is 5.20. The Bertz CT molecular complexity index is 793. The maximum atomic E-state index is 13.4. The number of sulfonamides is 1. The zero-order valence-electron chi connectivity index (χ0n) is 16.8. The Balaban J connectivity index is 2.44. The van der Waals surface area contributed by atoms with Crippen molar-refractivity contribution in [2.24, 2.45) is 0 Å². The van der Waals surface area contributed by atoms with Gasteiger partial charge in [-0.1, -0.05) is 0 Å². The lowest BCUT2D eigenvalue weighted by molar-refractivity contribution is -0.148. The second-order valence-electron chi connectivity index (χ2n) is 6.70. The molecule has 1 saturated heterocycles. The van der Waals surface area contributed by atoms with Crippen LogP contribution in [-0.2, 0) is 24.3 Å². The number of amides is 1. The van der Waals surface area contributed by atoms with Gasteiger partial charge in [-0.3, -0.25) is 9.59 Å². The van der Waals surface area contributed by atoms with Gasteiger partial charge in [0.25, 0.3) is 0 Å². The molecule has 28 heavy (non-hydrogen) atoms. The predicted molar refractivity (Wildman–Crippen MR) is 103 cm³/mol. The quantitative estimate of drug-likeness (QED) is 0.632. The zero-order chi connectivity index (χ0) is 20.9. The Hall–Kier alpha value is -2.13. The highest BCUT2D eigenvalue weighted by Gasteiger charge is 2.41. The van der Waals surface area contributed by atoms with Gasteiger partial charge in [0.2, 0.25) is 15.9 Å². The van der Waals surface area contributed by atoms with Gasteiger partial charge in [0.1, 0.15) is 11.8 Å². The predicted octanol–water partition coefficient (Wildman–Crippen LogP) is 1.65. The van der Waals surface area contributed by atoms with Gasteiger partial charge in [-0.15, -0.1) is 0 Å². The fourth-order valence-electron chi connectivity index (χ4n) is 3.41. The number of esters is 1. The molecule has 0 spiro atoms. The Labute approximate surface area is 166 Å². The molecule has 0 unspecified atom stereocenters. The molecule has 0 aromatic heterocycles. The first kappa shape index (κ1) is 22.2. The molecule has 9 heteroatoms. The molecule has 1 aliphatic rings. The molecule has 1 fully saturated rings. The maximum Gasteiger partial charge on any atom is 0.324 e. The Morgan fingerprint density at radius 1 is 1.29 bits per heavy atom. The van der Waals surface area contributed by atoms with E-state index >= 15 is 0 Å². The van der Waals surface area contributed by atoms with Crippen LogP contribution in [0.3, 0.4) is 0 Å². The largest absolute Gasteiger partial charge is 0.497 e. The summed E-state index contributed by atoms with van der Waals surface area (Å²) in [5, 5.41) is 0. The van der Waals surface area contributed by atoms with Crippen LogP contribution >= 0.6 is 0 Å². The van der Waals surface area contributed by atoms with Gasteiger partial charge in [-0.05, 0) is 51.0 Å². The van der Waals surface area contributed by atoms with E-state index < -0.39 is 28.1 Å². The molecule has 8 nitrogen and oxygen atoms in total. The van der Waals surface area contributed by atoms with Gasteiger partial charge in [0.05, 0.1) is 18.6 Å². The van der Waals surface area contributed by atoms with E-state index in [0.717, 1.165) is 0 Å². The highest BCUT2D eigenvalue weighted by molar-refractivity contribution is 7.89. The first-order valence-corrected chi connectivity index (χ1v) is 10.8. The maximum absolute atomic E-state index is 13.4. The number of piperidine rings is 1. The van der Waals surface area contributed by atoms with Crippen LogP contribution in [0.2, 0.25) is 0 Å². The molecule has 2 rings (SSSR count). The third-order valence-corrected chi connectivity index (χ3v) is 6.88. The number of nitrogens with zero attached hydrogens (tertiary/aromatic N) is 2. The normalized spacial score (nSPS) is 18.6. The summed E-state index contributed by atoms with van der Waals surface area (Å²) in [6.45, 7) is 5.63. The molecule has 0 bridgehead atoms. The van der Waals surface area contributed by atoms with Gasteiger partial charge < -0.3 is 14.4 Å². The third-order valence-electron chi connectivity index (χ3n) is 4.85. The smallest absolute Gasteiger partial charge is 0.324 e.